The SMILES string of the molecule is CNCc1cc(S(=O)(=O)Nc2ccccc2I)ccc1Cl. The van der Waals surface area contributed by atoms with Crippen molar-refractivity contribution < 1.29 is 8.42 Å². The lowest BCUT2D eigenvalue weighted by atomic mass is 10.2. The molecule has 0 spiro atoms. The second-order valence-electron chi connectivity index (χ2n) is 4.37. The molecule has 2 aromatic carbocycles. The summed E-state index contributed by atoms with van der Waals surface area (Å²) in [4.78, 5) is 0.191. The van der Waals surface area contributed by atoms with Gasteiger partial charge in [-0.15, -0.1) is 0 Å². The van der Waals surface area contributed by atoms with Gasteiger partial charge in [0.05, 0.1) is 10.6 Å². The van der Waals surface area contributed by atoms with E-state index in [0.717, 1.165) is 9.13 Å². The molecule has 0 unspecified atom stereocenters. The highest BCUT2D eigenvalue weighted by Gasteiger charge is 2.16. The van der Waals surface area contributed by atoms with E-state index in [2.05, 4.69) is 32.6 Å². The molecule has 4 nitrogen and oxygen atoms in total. The second kappa shape index (κ2) is 6.95. The van der Waals surface area contributed by atoms with Crippen LogP contribution in [0.3, 0.4) is 0 Å². The molecule has 0 atom stereocenters. The van der Waals surface area contributed by atoms with Crippen LogP contribution >= 0.6 is 34.2 Å². The fourth-order valence-corrected chi connectivity index (χ4v) is 3.81. The van der Waals surface area contributed by atoms with Crippen LogP contribution in [-0.4, -0.2) is 15.5 Å². The van der Waals surface area contributed by atoms with Gasteiger partial charge in [-0.1, -0.05) is 23.7 Å². The van der Waals surface area contributed by atoms with Crippen molar-refractivity contribution in [2.24, 2.45) is 0 Å². The van der Waals surface area contributed by atoms with Crippen molar-refractivity contribution in [2.75, 3.05) is 11.8 Å². The minimum Gasteiger partial charge on any atom is -0.316 e. The number of anilines is 1. The van der Waals surface area contributed by atoms with Crippen LogP contribution in [-0.2, 0) is 16.6 Å². The molecule has 0 fully saturated rings. The van der Waals surface area contributed by atoms with Gasteiger partial charge in [0.25, 0.3) is 10.0 Å². The Morgan fingerprint density at radius 1 is 1.19 bits per heavy atom. The fourth-order valence-electron chi connectivity index (χ4n) is 1.79. The Hall–Kier alpha value is -0.830. The maximum atomic E-state index is 12.4. The van der Waals surface area contributed by atoms with Crippen molar-refractivity contribution in [1.29, 1.82) is 0 Å². The van der Waals surface area contributed by atoms with E-state index in [4.69, 9.17) is 11.6 Å². The van der Waals surface area contributed by atoms with Gasteiger partial charge in [-0.05, 0) is 65.5 Å². The number of halogens is 2. The topological polar surface area (TPSA) is 58.2 Å². The van der Waals surface area contributed by atoms with Crippen molar-refractivity contribution in [3.8, 4) is 0 Å². The fraction of sp³-hybridized carbons (Fsp3) is 0.143. The average molecular weight is 437 g/mol. The summed E-state index contributed by atoms with van der Waals surface area (Å²) >= 11 is 8.14. The van der Waals surface area contributed by atoms with Crippen LogP contribution < -0.4 is 10.0 Å². The standard InChI is InChI=1S/C14H14ClIN2O2S/c1-17-9-10-8-11(6-7-12(10)15)21(19,20)18-14-5-3-2-4-13(14)16/h2-8,17-18H,9H2,1H3. The Balaban J connectivity index is 2.36. The zero-order chi connectivity index (χ0) is 15.5. The van der Waals surface area contributed by atoms with Crippen LogP contribution in [0.1, 0.15) is 5.56 Å². The quantitative estimate of drug-likeness (QED) is 0.706. The highest BCUT2D eigenvalue weighted by atomic mass is 127. The molecule has 0 bridgehead atoms. The van der Waals surface area contributed by atoms with E-state index >= 15 is 0 Å². The first-order valence-electron chi connectivity index (χ1n) is 6.14. The maximum absolute atomic E-state index is 12.4. The third kappa shape index (κ3) is 4.09. The Kier molecular flexibility index (Phi) is 5.48. The van der Waals surface area contributed by atoms with Crippen molar-refractivity contribution in [3.63, 3.8) is 0 Å². The molecule has 0 aliphatic carbocycles. The van der Waals surface area contributed by atoms with E-state index in [0.29, 0.717) is 17.3 Å². The molecule has 0 aliphatic rings. The normalized spacial score (nSPS) is 11.4. The molecule has 0 saturated heterocycles. The molecule has 0 aromatic heterocycles. The number of para-hydroxylation sites is 1. The Morgan fingerprint density at radius 3 is 2.57 bits per heavy atom. The van der Waals surface area contributed by atoms with E-state index in [1.165, 1.54) is 6.07 Å². The smallest absolute Gasteiger partial charge is 0.261 e. The van der Waals surface area contributed by atoms with Crippen molar-refractivity contribution in [3.05, 3.63) is 56.6 Å². The molecule has 7 heteroatoms. The highest BCUT2D eigenvalue weighted by Crippen LogP contribution is 2.24. The molecule has 2 N–H and O–H groups in total. The monoisotopic (exact) mass is 436 g/mol. The van der Waals surface area contributed by atoms with Crippen LogP contribution in [0, 0.1) is 3.57 Å². The summed E-state index contributed by atoms with van der Waals surface area (Å²) in [6.07, 6.45) is 0. The van der Waals surface area contributed by atoms with Gasteiger partial charge in [-0.25, -0.2) is 8.42 Å². The lowest BCUT2D eigenvalue weighted by Gasteiger charge is -2.11. The number of rotatable bonds is 5. The first-order valence-corrected chi connectivity index (χ1v) is 9.08. The molecule has 0 aliphatic heterocycles. The van der Waals surface area contributed by atoms with E-state index in [1.54, 1.807) is 31.3 Å². The summed E-state index contributed by atoms with van der Waals surface area (Å²) in [5.74, 6) is 0. The number of sulfonamides is 1. The molecule has 21 heavy (non-hydrogen) atoms. The maximum Gasteiger partial charge on any atom is 0.261 e. The summed E-state index contributed by atoms with van der Waals surface area (Å²) in [6.45, 7) is 0.505. The van der Waals surface area contributed by atoms with Crippen LogP contribution in [0.4, 0.5) is 5.69 Å². The van der Waals surface area contributed by atoms with E-state index in [1.807, 2.05) is 12.1 Å². The number of hydrogen-bond donors (Lipinski definition) is 2. The third-order valence-electron chi connectivity index (χ3n) is 2.81. The van der Waals surface area contributed by atoms with Crippen LogP contribution in [0.15, 0.2) is 47.4 Å². The number of hydrogen-bond acceptors (Lipinski definition) is 3. The van der Waals surface area contributed by atoms with E-state index < -0.39 is 10.0 Å². The van der Waals surface area contributed by atoms with E-state index in [-0.39, 0.29) is 4.90 Å². The molecular weight excluding hydrogens is 423 g/mol. The van der Waals surface area contributed by atoms with Gasteiger partial charge in [0, 0.05) is 15.1 Å². The molecule has 0 heterocycles. The molecule has 2 aromatic rings. The minimum absolute atomic E-state index is 0.191. The Morgan fingerprint density at radius 2 is 1.90 bits per heavy atom. The van der Waals surface area contributed by atoms with Crippen LogP contribution in [0.25, 0.3) is 0 Å². The molecular formula is C14H14ClIN2O2S. The largest absolute Gasteiger partial charge is 0.316 e. The van der Waals surface area contributed by atoms with Crippen molar-refractivity contribution >= 4 is 49.9 Å². The summed E-state index contributed by atoms with van der Waals surface area (Å²) in [5.41, 5.74) is 1.30. The summed E-state index contributed by atoms with van der Waals surface area (Å²) in [5, 5.41) is 3.50. The van der Waals surface area contributed by atoms with Gasteiger partial charge < -0.3 is 5.32 Å². The lowest BCUT2D eigenvalue weighted by Crippen LogP contribution is -2.15. The highest BCUT2D eigenvalue weighted by molar-refractivity contribution is 14.1. The Labute approximate surface area is 143 Å². The summed E-state index contributed by atoms with van der Waals surface area (Å²) < 4.78 is 28.3. The van der Waals surface area contributed by atoms with E-state index in [9.17, 15) is 8.42 Å². The summed E-state index contributed by atoms with van der Waals surface area (Å²) in [7, 11) is -1.85. The lowest BCUT2D eigenvalue weighted by molar-refractivity contribution is 0.601. The third-order valence-corrected chi connectivity index (χ3v) is 5.49. The van der Waals surface area contributed by atoms with Gasteiger partial charge in [-0.2, -0.15) is 0 Å². The van der Waals surface area contributed by atoms with Gasteiger partial charge in [0.2, 0.25) is 0 Å². The second-order valence-corrected chi connectivity index (χ2v) is 7.62. The zero-order valence-corrected chi connectivity index (χ0v) is 15.0. The van der Waals surface area contributed by atoms with Gasteiger partial charge in [-0.3, -0.25) is 4.72 Å². The average Bonchev–Trinajstić information content (AvgIpc) is 2.44. The molecule has 0 radical (unpaired) electrons. The molecule has 2 rings (SSSR count). The first kappa shape index (κ1) is 16.5. The molecule has 0 saturated carbocycles. The first-order chi connectivity index (χ1) is 9.94. The predicted molar refractivity (Wildman–Crippen MR) is 94.2 cm³/mol. The number of benzene rings is 2. The zero-order valence-electron chi connectivity index (χ0n) is 11.2. The number of nitrogens with one attached hydrogen (secondary N) is 2. The minimum atomic E-state index is -3.63. The van der Waals surface area contributed by atoms with Crippen molar-refractivity contribution in [2.45, 2.75) is 11.4 Å². The van der Waals surface area contributed by atoms with Crippen LogP contribution in [0.2, 0.25) is 5.02 Å². The molecule has 0 amide bonds. The van der Waals surface area contributed by atoms with Gasteiger partial charge in [0.15, 0.2) is 0 Å². The summed E-state index contributed by atoms with van der Waals surface area (Å²) in [6, 6.07) is 11.9. The van der Waals surface area contributed by atoms with Gasteiger partial charge in [0.1, 0.15) is 0 Å². The van der Waals surface area contributed by atoms with Gasteiger partial charge >= 0.3 is 0 Å². The predicted octanol–water partition coefficient (Wildman–Crippen LogP) is 3.46. The van der Waals surface area contributed by atoms with Crippen molar-refractivity contribution in [1.82, 2.24) is 5.32 Å². The van der Waals surface area contributed by atoms with Crippen LogP contribution in [0.5, 0.6) is 0 Å². The Bertz CT molecular complexity index is 750. The molecule has 112 valence electrons.